The molecule has 1 saturated heterocycles. The Hall–Kier alpha value is -0.160. The van der Waals surface area contributed by atoms with E-state index < -0.39 is 5.60 Å². The van der Waals surface area contributed by atoms with E-state index in [1.807, 2.05) is 0 Å². The van der Waals surface area contributed by atoms with Crippen molar-refractivity contribution in [1.82, 2.24) is 10.2 Å². The summed E-state index contributed by atoms with van der Waals surface area (Å²) in [6, 6.07) is 0. The summed E-state index contributed by atoms with van der Waals surface area (Å²) in [5, 5.41) is 13.5. The molecule has 2 fully saturated rings. The maximum Gasteiger partial charge on any atom is 0.0771 e. The molecule has 0 bridgehead atoms. The molecular weight excluding hydrogens is 204 g/mol. The van der Waals surface area contributed by atoms with Crippen LogP contribution >= 0.6 is 0 Å². The molecule has 0 aromatic rings. The van der Waals surface area contributed by atoms with E-state index in [4.69, 9.17) is 4.74 Å². The van der Waals surface area contributed by atoms with Gasteiger partial charge in [-0.15, -0.1) is 0 Å². The molecule has 4 nitrogen and oxygen atoms in total. The monoisotopic (exact) mass is 228 g/mol. The quantitative estimate of drug-likeness (QED) is 0.661. The molecule has 2 rings (SSSR count). The predicted molar refractivity (Wildman–Crippen MR) is 63.5 cm³/mol. The van der Waals surface area contributed by atoms with Crippen molar-refractivity contribution in [1.29, 1.82) is 0 Å². The third-order valence-corrected chi connectivity index (χ3v) is 3.70. The lowest BCUT2D eigenvalue weighted by Crippen LogP contribution is -2.43. The van der Waals surface area contributed by atoms with Crippen molar-refractivity contribution in [3.63, 3.8) is 0 Å². The third kappa shape index (κ3) is 3.70. The molecule has 2 N–H and O–H groups in total. The molecule has 1 heterocycles. The van der Waals surface area contributed by atoms with Crippen LogP contribution in [0.1, 0.15) is 25.7 Å². The Balaban J connectivity index is 1.54. The zero-order valence-electron chi connectivity index (χ0n) is 10.1. The van der Waals surface area contributed by atoms with E-state index in [1.165, 1.54) is 12.8 Å². The summed E-state index contributed by atoms with van der Waals surface area (Å²) in [7, 11) is 0. The van der Waals surface area contributed by atoms with Crippen LogP contribution in [0.2, 0.25) is 0 Å². The standard InChI is InChI=1S/C12H24N2O2/c15-12(3-1-2-4-12)11-13-5-6-14-7-9-16-10-8-14/h13,15H,1-11H2. The van der Waals surface area contributed by atoms with Gasteiger partial charge in [0.05, 0.1) is 18.8 Å². The Labute approximate surface area is 98.0 Å². The summed E-state index contributed by atoms with van der Waals surface area (Å²) in [6.45, 7) is 6.63. The van der Waals surface area contributed by atoms with Crippen LogP contribution in [0.15, 0.2) is 0 Å². The lowest BCUT2D eigenvalue weighted by Gasteiger charge is -2.28. The van der Waals surface area contributed by atoms with E-state index in [0.29, 0.717) is 0 Å². The number of aliphatic hydroxyl groups is 1. The summed E-state index contributed by atoms with van der Waals surface area (Å²) in [6.07, 6.45) is 4.30. The largest absolute Gasteiger partial charge is 0.389 e. The SMILES string of the molecule is OC1(CNCCN2CCOCC2)CCCC1. The van der Waals surface area contributed by atoms with Gasteiger partial charge >= 0.3 is 0 Å². The first-order valence-corrected chi connectivity index (χ1v) is 6.52. The average Bonchev–Trinajstić information content (AvgIpc) is 2.74. The number of morpholine rings is 1. The van der Waals surface area contributed by atoms with Crippen molar-refractivity contribution >= 4 is 0 Å². The lowest BCUT2D eigenvalue weighted by atomic mass is 10.0. The molecule has 0 aromatic carbocycles. The summed E-state index contributed by atoms with van der Waals surface area (Å²) in [5.41, 5.74) is -0.412. The third-order valence-electron chi connectivity index (χ3n) is 3.70. The number of nitrogens with zero attached hydrogens (tertiary/aromatic N) is 1. The van der Waals surface area contributed by atoms with Gasteiger partial charge in [-0.3, -0.25) is 4.90 Å². The van der Waals surface area contributed by atoms with E-state index >= 15 is 0 Å². The summed E-state index contributed by atoms with van der Waals surface area (Å²) >= 11 is 0. The molecule has 1 aliphatic carbocycles. The molecule has 1 saturated carbocycles. The van der Waals surface area contributed by atoms with Gasteiger partial charge in [0.2, 0.25) is 0 Å². The van der Waals surface area contributed by atoms with Crippen molar-refractivity contribution in [2.75, 3.05) is 45.9 Å². The van der Waals surface area contributed by atoms with Crippen molar-refractivity contribution in [2.45, 2.75) is 31.3 Å². The van der Waals surface area contributed by atoms with Gasteiger partial charge in [0.1, 0.15) is 0 Å². The van der Waals surface area contributed by atoms with Crippen LogP contribution < -0.4 is 5.32 Å². The number of hydrogen-bond acceptors (Lipinski definition) is 4. The van der Waals surface area contributed by atoms with Crippen molar-refractivity contribution < 1.29 is 9.84 Å². The van der Waals surface area contributed by atoms with Gasteiger partial charge in [0.15, 0.2) is 0 Å². The Morgan fingerprint density at radius 3 is 2.56 bits per heavy atom. The Morgan fingerprint density at radius 2 is 1.88 bits per heavy atom. The maximum absolute atomic E-state index is 10.1. The highest BCUT2D eigenvalue weighted by Gasteiger charge is 2.30. The molecule has 0 amide bonds. The van der Waals surface area contributed by atoms with E-state index in [9.17, 15) is 5.11 Å². The normalized spacial score (nSPS) is 26.1. The number of nitrogens with one attached hydrogen (secondary N) is 1. The van der Waals surface area contributed by atoms with Crippen LogP contribution in [0.25, 0.3) is 0 Å². The maximum atomic E-state index is 10.1. The van der Waals surface area contributed by atoms with Crippen LogP contribution in [-0.2, 0) is 4.74 Å². The Morgan fingerprint density at radius 1 is 1.19 bits per heavy atom. The van der Waals surface area contributed by atoms with Crippen molar-refractivity contribution in [3.05, 3.63) is 0 Å². The highest BCUT2D eigenvalue weighted by Crippen LogP contribution is 2.28. The highest BCUT2D eigenvalue weighted by molar-refractivity contribution is 4.86. The topological polar surface area (TPSA) is 44.7 Å². The highest BCUT2D eigenvalue weighted by atomic mass is 16.5. The fourth-order valence-corrected chi connectivity index (χ4v) is 2.59. The average molecular weight is 228 g/mol. The van der Waals surface area contributed by atoms with Gasteiger partial charge in [-0.05, 0) is 12.8 Å². The molecule has 0 unspecified atom stereocenters. The van der Waals surface area contributed by atoms with Crippen LogP contribution in [0, 0.1) is 0 Å². The summed E-state index contributed by atoms with van der Waals surface area (Å²) in [5.74, 6) is 0. The first-order valence-electron chi connectivity index (χ1n) is 6.52. The Bertz CT molecular complexity index is 199. The smallest absolute Gasteiger partial charge is 0.0771 e. The van der Waals surface area contributed by atoms with Crippen LogP contribution in [0.4, 0.5) is 0 Å². The first-order chi connectivity index (χ1) is 7.79. The van der Waals surface area contributed by atoms with E-state index in [1.54, 1.807) is 0 Å². The van der Waals surface area contributed by atoms with Crippen LogP contribution in [-0.4, -0.2) is 61.5 Å². The lowest BCUT2D eigenvalue weighted by molar-refractivity contribution is 0.0328. The minimum absolute atomic E-state index is 0.412. The molecule has 0 aromatic heterocycles. The van der Waals surface area contributed by atoms with Gasteiger partial charge < -0.3 is 15.2 Å². The molecule has 94 valence electrons. The second kappa shape index (κ2) is 5.96. The molecule has 0 radical (unpaired) electrons. The van der Waals surface area contributed by atoms with E-state index in [-0.39, 0.29) is 0 Å². The van der Waals surface area contributed by atoms with E-state index in [0.717, 1.165) is 58.8 Å². The summed E-state index contributed by atoms with van der Waals surface area (Å²) < 4.78 is 5.30. The second-order valence-corrected chi connectivity index (χ2v) is 5.06. The Kier molecular flexibility index (Phi) is 4.58. The minimum atomic E-state index is -0.412. The van der Waals surface area contributed by atoms with Crippen LogP contribution in [0.3, 0.4) is 0 Å². The van der Waals surface area contributed by atoms with Crippen molar-refractivity contribution in [3.8, 4) is 0 Å². The van der Waals surface area contributed by atoms with Crippen molar-refractivity contribution in [2.24, 2.45) is 0 Å². The molecule has 0 atom stereocenters. The molecule has 1 aliphatic heterocycles. The van der Waals surface area contributed by atoms with E-state index in [2.05, 4.69) is 10.2 Å². The van der Waals surface area contributed by atoms with Gasteiger partial charge in [-0.2, -0.15) is 0 Å². The first kappa shape index (κ1) is 12.3. The molecule has 16 heavy (non-hydrogen) atoms. The number of rotatable bonds is 5. The number of ether oxygens (including phenoxy) is 1. The summed E-state index contributed by atoms with van der Waals surface area (Å²) in [4.78, 5) is 2.41. The number of hydrogen-bond donors (Lipinski definition) is 2. The van der Waals surface area contributed by atoms with Gasteiger partial charge in [0, 0.05) is 32.7 Å². The fourth-order valence-electron chi connectivity index (χ4n) is 2.59. The van der Waals surface area contributed by atoms with Gasteiger partial charge in [-0.25, -0.2) is 0 Å². The second-order valence-electron chi connectivity index (χ2n) is 5.06. The fraction of sp³-hybridized carbons (Fsp3) is 1.00. The van der Waals surface area contributed by atoms with Crippen LogP contribution in [0.5, 0.6) is 0 Å². The molecule has 4 heteroatoms. The molecule has 0 spiro atoms. The zero-order valence-corrected chi connectivity index (χ0v) is 10.1. The predicted octanol–water partition coefficient (Wildman–Crippen LogP) is 0.213. The van der Waals surface area contributed by atoms with Gasteiger partial charge in [0.25, 0.3) is 0 Å². The zero-order chi connectivity index (χ0) is 11.3. The minimum Gasteiger partial charge on any atom is -0.389 e. The molecule has 2 aliphatic rings. The molecular formula is C12H24N2O2. The van der Waals surface area contributed by atoms with Gasteiger partial charge in [-0.1, -0.05) is 12.8 Å².